The highest BCUT2D eigenvalue weighted by molar-refractivity contribution is 6.09. The molecular weight excluding hydrogens is 313 g/mol. The molecule has 0 bridgehead atoms. The fourth-order valence-electron chi connectivity index (χ4n) is 3.01. The van der Waals surface area contributed by atoms with E-state index in [0.717, 1.165) is 10.8 Å². The number of aromatic nitrogens is 1. The van der Waals surface area contributed by atoms with E-state index in [2.05, 4.69) is 4.98 Å². The van der Waals surface area contributed by atoms with Gasteiger partial charge < -0.3 is 4.42 Å². The third-order valence-electron chi connectivity index (χ3n) is 4.08. The van der Waals surface area contributed by atoms with Gasteiger partial charge in [-0.05, 0) is 54.5 Å². The maximum atomic E-state index is 13.6. The molecule has 2 aromatic heterocycles. The Balaban J connectivity index is 1.99. The lowest BCUT2D eigenvalue weighted by Crippen LogP contribution is -1.99. The first-order chi connectivity index (χ1) is 14.0. The van der Waals surface area contributed by atoms with Crippen LogP contribution in [0.2, 0.25) is 0 Å². The highest BCUT2D eigenvalue weighted by Crippen LogP contribution is 2.35. The van der Waals surface area contributed by atoms with Crippen LogP contribution in [0.25, 0.3) is 33.2 Å². The third kappa shape index (κ3) is 2.80. The minimum absolute atomic E-state index is 0.0849. The van der Waals surface area contributed by atoms with Crippen molar-refractivity contribution in [2.75, 3.05) is 0 Å². The Morgan fingerprint density at radius 1 is 1.20 bits per heavy atom. The lowest BCUT2D eigenvalue weighted by atomic mass is 9.97. The first-order valence-corrected chi connectivity index (χ1v) is 8.12. The van der Waals surface area contributed by atoms with Gasteiger partial charge in [-0.2, -0.15) is 0 Å². The Hall–Kier alpha value is -2.68. The lowest BCUT2D eigenvalue weighted by molar-refractivity contribution is 0.618. The number of fused-ring (bicyclic) bond motifs is 3. The molecule has 2 heterocycles. The van der Waals surface area contributed by atoms with Gasteiger partial charge in [0.2, 0.25) is 0 Å². The molecule has 0 atom stereocenters. The van der Waals surface area contributed by atoms with Crippen molar-refractivity contribution in [1.29, 1.82) is 0 Å². The standard InChI is InChI=1S/C22H20FNO/c1-13(2)9-15-10-20(24-12-14(15)3)19-6-4-5-18-17-8-7-16(23)11-21(17)25-22(18)19/h4-8,10-13H,9H2,1-3H3/i3D3,9D2. The van der Waals surface area contributed by atoms with E-state index in [-0.39, 0.29) is 11.1 Å². The Kier molecular flexibility index (Phi) is 2.65. The Labute approximate surface area is 153 Å². The van der Waals surface area contributed by atoms with Crippen molar-refractivity contribution in [2.45, 2.75) is 27.1 Å². The van der Waals surface area contributed by atoms with E-state index in [1.807, 2.05) is 12.1 Å². The van der Waals surface area contributed by atoms with Gasteiger partial charge in [0.05, 0.1) is 5.69 Å². The van der Waals surface area contributed by atoms with E-state index in [0.29, 0.717) is 22.4 Å². The Morgan fingerprint density at radius 3 is 2.88 bits per heavy atom. The summed E-state index contributed by atoms with van der Waals surface area (Å²) >= 11 is 0. The molecule has 3 heteroatoms. The summed E-state index contributed by atoms with van der Waals surface area (Å²) in [7, 11) is 0. The largest absolute Gasteiger partial charge is 0.455 e. The number of hydrogen-bond donors (Lipinski definition) is 0. The zero-order valence-corrected chi connectivity index (χ0v) is 13.9. The number of halogens is 1. The minimum atomic E-state index is -2.49. The average Bonchev–Trinajstić information content (AvgIpc) is 3.04. The average molecular weight is 338 g/mol. The summed E-state index contributed by atoms with van der Waals surface area (Å²) in [5.41, 5.74) is 1.85. The molecule has 0 unspecified atom stereocenters. The van der Waals surface area contributed by atoms with Gasteiger partial charge >= 0.3 is 0 Å². The number of benzene rings is 2. The zero-order chi connectivity index (χ0) is 21.8. The molecule has 4 aromatic rings. The van der Waals surface area contributed by atoms with Gasteiger partial charge in [-0.25, -0.2) is 4.39 Å². The van der Waals surface area contributed by atoms with E-state index < -0.39 is 25.0 Å². The Morgan fingerprint density at radius 2 is 2.08 bits per heavy atom. The van der Waals surface area contributed by atoms with Gasteiger partial charge in [0.15, 0.2) is 0 Å². The van der Waals surface area contributed by atoms with Gasteiger partial charge in [-0.15, -0.1) is 0 Å². The van der Waals surface area contributed by atoms with Crippen molar-refractivity contribution in [3.05, 3.63) is 65.6 Å². The summed E-state index contributed by atoms with van der Waals surface area (Å²) in [6.45, 7) is 0.918. The number of para-hydroxylation sites is 1. The first-order valence-electron chi connectivity index (χ1n) is 10.6. The summed E-state index contributed by atoms with van der Waals surface area (Å²) < 4.78 is 60.0. The lowest BCUT2D eigenvalue weighted by Gasteiger charge is -2.10. The maximum absolute atomic E-state index is 13.6. The summed E-state index contributed by atoms with van der Waals surface area (Å²) in [5.74, 6) is -0.852. The van der Waals surface area contributed by atoms with Gasteiger partial charge in [0, 0.05) is 35.5 Å². The number of furan rings is 1. The van der Waals surface area contributed by atoms with E-state index in [1.165, 1.54) is 24.4 Å². The van der Waals surface area contributed by atoms with Crippen LogP contribution in [0.1, 0.15) is 31.8 Å². The zero-order valence-electron chi connectivity index (χ0n) is 18.9. The SMILES string of the molecule is [2H]C([2H])([2H])c1cnc(-c2cccc3c2oc2cc(F)ccc23)cc1C([2H])([2H])C(C)C. The first kappa shape index (κ1) is 11.0. The molecular formula is C22H20FNO. The normalized spacial score (nSPS) is 15.8. The number of nitrogens with zero attached hydrogens (tertiary/aromatic N) is 1. The molecule has 0 aliphatic carbocycles. The number of rotatable bonds is 3. The Bertz CT molecular complexity index is 1260. The van der Waals surface area contributed by atoms with Crippen LogP contribution >= 0.6 is 0 Å². The molecule has 126 valence electrons. The predicted molar refractivity (Wildman–Crippen MR) is 100 cm³/mol. The molecule has 0 saturated carbocycles. The van der Waals surface area contributed by atoms with Crippen LogP contribution in [0, 0.1) is 18.6 Å². The van der Waals surface area contributed by atoms with E-state index in [4.69, 9.17) is 11.3 Å². The molecule has 0 aliphatic heterocycles. The molecule has 0 amide bonds. The molecule has 0 N–H and O–H groups in total. The number of hydrogen-bond acceptors (Lipinski definition) is 2. The van der Waals surface area contributed by atoms with Crippen molar-refractivity contribution >= 4 is 21.9 Å². The molecule has 0 saturated heterocycles. The molecule has 2 nitrogen and oxygen atoms in total. The fraction of sp³-hybridized carbons (Fsp3) is 0.227. The second kappa shape index (κ2) is 5.99. The van der Waals surface area contributed by atoms with E-state index >= 15 is 0 Å². The highest BCUT2D eigenvalue weighted by Gasteiger charge is 2.14. The number of aryl methyl sites for hydroxylation is 1. The molecule has 0 spiro atoms. The van der Waals surface area contributed by atoms with Crippen molar-refractivity contribution < 1.29 is 15.7 Å². The topological polar surface area (TPSA) is 26.0 Å². The summed E-state index contributed by atoms with van der Waals surface area (Å²) in [6.07, 6.45) is -0.647. The van der Waals surface area contributed by atoms with Gasteiger partial charge in [0.25, 0.3) is 0 Å². The van der Waals surface area contributed by atoms with Gasteiger partial charge in [-0.1, -0.05) is 26.0 Å². The minimum Gasteiger partial charge on any atom is -0.455 e. The van der Waals surface area contributed by atoms with E-state index in [1.54, 1.807) is 26.0 Å². The second-order valence-electron chi connectivity index (χ2n) is 6.34. The van der Waals surface area contributed by atoms with Crippen molar-refractivity contribution in [1.82, 2.24) is 4.98 Å². The van der Waals surface area contributed by atoms with Crippen molar-refractivity contribution in [3.8, 4) is 11.3 Å². The summed E-state index contributed by atoms with van der Waals surface area (Å²) in [6, 6.07) is 11.3. The second-order valence-corrected chi connectivity index (χ2v) is 6.34. The molecule has 4 rings (SSSR count). The summed E-state index contributed by atoms with van der Waals surface area (Å²) in [4.78, 5) is 4.33. The monoisotopic (exact) mass is 338 g/mol. The third-order valence-corrected chi connectivity index (χ3v) is 4.08. The fourth-order valence-corrected chi connectivity index (χ4v) is 3.01. The molecule has 0 aliphatic rings. The van der Waals surface area contributed by atoms with Gasteiger partial charge in [-0.3, -0.25) is 4.98 Å². The quantitative estimate of drug-likeness (QED) is 0.438. The molecule has 2 aromatic carbocycles. The van der Waals surface area contributed by atoms with Crippen LogP contribution in [0.5, 0.6) is 0 Å². The maximum Gasteiger partial charge on any atom is 0.144 e. The van der Waals surface area contributed by atoms with Crippen LogP contribution in [0.15, 0.2) is 53.1 Å². The molecule has 0 radical (unpaired) electrons. The van der Waals surface area contributed by atoms with Crippen LogP contribution in [0.3, 0.4) is 0 Å². The van der Waals surface area contributed by atoms with Crippen LogP contribution in [-0.2, 0) is 6.37 Å². The molecule has 0 fully saturated rings. The predicted octanol–water partition coefficient (Wildman–Crippen LogP) is 6.29. The smallest absolute Gasteiger partial charge is 0.144 e. The molecule has 25 heavy (non-hydrogen) atoms. The van der Waals surface area contributed by atoms with E-state index in [9.17, 15) is 4.39 Å². The highest BCUT2D eigenvalue weighted by atomic mass is 19.1. The summed E-state index contributed by atoms with van der Waals surface area (Å²) in [5, 5.41) is 1.53. The van der Waals surface area contributed by atoms with Gasteiger partial charge in [0.1, 0.15) is 17.0 Å². The van der Waals surface area contributed by atoms with Crippen LogP contribution in [-0.4, -0.2) is 4.98 Å². The van der Waals surface area contributed by atoms with Crippen LogP contribution in [0.4, 0.5) is 4.39 Å². The van der Waals surface area contributed by atoms with Crippen molar-refractivity contribution in [3.63, 3.8) is 0 Å². The number of pyridine rings is 1. The van der Waals surface area contributed by atoms with Crippen LogP contribution < -0.4 is 0 Å². The van der Waals surface area contributed by atoms with Crippen molar-refractivity contribution in [2.24, 2.45) is 5.92 Å².